The summed E-state index contributed by atoms with van der Waals surface area (Å²) in [5.41, 5.74) is 2.91. The van der Waals surface area contributed by atoms with Crippen LogP contribution in [0.15, 0.2) is 53.1 Å². The zero-order valence-electron chi connectivity index (χ0n) is 15.6. The summed E-state index contributed by atoms with van der Waals surface area (Å²) in [5.74, 6) is 0.136. The van der Waals surface area contributed by atoms with Crippen LogP contribution in [0, 0.1) is 5.92 Å². The van der Waals surface area contributed by atoms with E-state index in [1.165, 1.54) is 15.6 Å². The Morgan fingerprint density at radius 2 is 2.00 bits per heavy atom. The lowest BCUT2D eigenvalue weighted by molar-refractivity contribution is -0.126. The molecule has 1 aliphatic heterocycles. The Kier molecular flexibility index (Phi) is 3.92. The number of Topliss-reactive ketones (excluding diaryl/α,β-unsaturated/α-hetero) is 1. The Morgan fingerprint density at radius 1 is 1.27 bits per heavy atom. The molecule has 2 heterocycles. The molecule has 1 aliphatic carbocycles. The first-order valence-electron chi connectivity index (χ1n) is 8.97. The third-order valence-corrected chi connectivity index (χ3v) is 7.04. The summed E-state index contributed by atoms with van der Waals surface area (Å²) in [6.45, 7) is 5.92. The minimum atomic E-state index is -0.375. The Bertz CT molecular complexity index is 979. The van der Waals surface area contributed by atoms with E-state index in [1.807, 2.05) is 19.2 Å². The summed E-state index contributed by atoms with van der Waals surface area (Å²) < 4.78 is 1.24. The van der Waals surface area contributed by atoms with E-state index in [0.29, 0.717) is 6.42 Å². The van der Waals surface area contributed by atoms with Crippen molar-refractivity contribution in [1.82, 2.24) is 4.90 Å². The van der Waals surface area contributed by atoms with Crippen molar-refractivity contribution in [2.45, 2.75) is 38.6 Å². The van der Waals surface area contributed by atoms with Gasteiger partial charge in [-0.3, -0.25) is 9.59 Å². The van der Waals surface area contributed by atoms with Crippen molar-refractivity contribution < 1.29 is 9.59 Å². The molecule has 0 spiro atoms. The van der Waals surface area contributed by atoms with Crippen molar-refractivity contribution in [3.63, 3.8) is 0 Å². The lowest BCUT2D eigenvalue weighted by Crippen LogP contribution is -2.56. The van der Waals surface area contributed by atoms with Gasteiger partial charge in [-0.25, -0.2) is 0 Å². The Balaban J connectivity index is 1.98. The van der Waals surface area contributed by atoms with Crippen LogP contribution in [0.5, 0.6) is 0 Å². The maximum atomic E-state index is 12.8. The molecule has 1 saturated heterocycles. The highest BCUT2D eigenvalue weighted by molar-refractivity contribution is 7.17. The van der Waals surface area contributed by atoms with Crippen LogP contribution in [-0.4, -0.2) is 29.1 Å². The second-order valence-electron chi connectivity index (χ2n) is 7.83. The molecule has 0 radical (unpaired) electrons. The van der Waals surface area contributed by atoms with Crippen LogP contribution < -0.4 is 0 Å². The zero-order valence-corrected chi connectivity index (χ0v) is 16.4. The third kappa shape index (κ3) is 2.39. The highest BCUT2D eigenvalue weighted by Crippen LogP contribution is 2.52. The van der Waals surface area contributed by atoms with Crippen molar-refractivity contribution in [3.05, 3.63) is 58.6 Å². The number of fused-ring (bicyclic) bond motifs is 2. The second-order valence-corrected chi connectivity index (χ2v) is 8.74. The van der Waals surface area contributed by atoms with E-state index in [1.54, 1.807) is 24.3 Å². The fourth-order valence-electron chi connectivity index (χ4n) is 4.61. The molecule has 0 N–H and O–H groups in total. The summed E-state index contributed by atoms with van der Waals surface area (Å²) >= 11 is 1.72. The van der Waals surface area contributed by atoms with Gasteiger partial charge in [-0.05, 0) is 48.7 Å². The molecule has 1 fully saturated rings. The van der Waals surface area contributed by atoms with Gasteiger partial charge in [-0.1, -0.05) is 24.3 Å². The molecule has 3 nitrogen and oxygen atoms in total. The fraction of sp³-hybridized carbons (Fsp3) is 0.364. The van der Waals surface area contributed by atoms with Crippen molar-refractivity contribution in [2.75, 3.05) is 7.05 Å². The molecule has 134 valence electrons. The minimum Gasteiger partial charge on any atom is -0.368 e. The van der Waals surface area contributed by atoms with Crippen LogP contribution >= 0.6 is 11.3 Å². The molecule has 2 aromatic rings. The number of ketones is 2. The number of thiophene rings is 1. The monoisotopic (exact) mass is 365 g/mol. The van der Waals surface area contributed by atoms with Gasteiger partial charge < -0.3 is 4.90 Å². The van der Waals surface area contributed by atoms with Gasteiger partial charge in [0.15, 0.2) is 5.78 Å². The average Bonchev–Trinajstić information content (AvgIpc) is 3.01. The summed E-state index contributed by atoms with van der Waals surface area (Å²) in [4.78, 5) is 27.0. The number of carbonyl (C=O) groups is 2. The smallest absolute Gasteiger partial charge is 0.161 e. The fourth-order valence-corrected chi connectivity index (χ4v) is 5.61. The molecule has 2 atom stereocenters. The third-order valence-electron chi connectivity index (χ3n) is 6.06. The number of allylic oxidation sites excluding steroid dienone is 3. The van der Waals surface area contributed by atoms with Gasteiger partial charge in [0.25, 0.3) is 0 Å². The standard InChI is InChI=1S/C22H23NO2S/c1-13(24)21-20(17-12-26-19-8-6-5-7-15(17)19)16-10-9-14(25)11-18(16)23(4)22(21,2)3/h5-8,10-12,20-21H,9H2,1-4H3. The van der Waals surface area contributed by atoms with E-state index in [0.717, 1.165) is 11.3 Å². The summed E-state index contributed by atoms with van der Waals surface area (Å²) in [6, 6.07) is 8.37. The first-order chi connectivity index (χ1) is 12.3. The number of likely N-dealkylation sites (N-methyl/N-ethyl adjacent to an activating group) is 1. The van der Waals surface area contributed by atoms with E-state index in [9.17, 15) is 9.59 Å². The molecule has 0 saturated carbocycles. The van der Waals surface area contributed by atoms with Crippen molar-refractivity contribution >= 4 is 33.0 Å². The highest BCUT2D eigenvalue weighted by atomic mass is 32.1. The predicted octanol–water partition coefficient (Wildman–Crippen LogP) is 4.70. The maximum Gasteiger partial charge on any atom is 0.161 e. The van der Waals surface area contributed by atoms with Gasteiger partial charge in [0.05, 0.1) is 5.92 Å². The topological polar surface area (TPSA) is 37.4 Å². The molecule has 0 bridgehead atoms. The van der Waals surface area contributed by atoms with Crippen LogP contribution in [0.4, 0.5) is 0 Å². The average molecular weight is 365 g/mol. The molecule has 4 heteroatoms. The van der Waals surface area contributed by atoms with Gasteiger partial charge in [-0.15, -0.1) is 11.3 Å². The quantitative estimate of drug-likeness (QED) is 0.774. The van der Waals surface area contributed by atoms with Crippen LogP contribution in [0.1, 0.15) is 38.7 Å². The number of likely N-dealkylation sites (tertiary alicyclic amines) is 1. The molecule has 1 aromatic carbocycles. The van der Waals surface area contributed by atoms with E-state index < -0.39 is 0 Å². The minimum absolute atomic E-state index is 0.0193. The Hall–Kier alpha value is -2.20. The Morgan fingerprint density at radius 3 is 2.73 bits per heavy atom. The van der Waals surface area contributed by atoms with E-state index in [2.05, 4.69) is 42.3 Å². The second kappa shape index (κ2) is 5.92. The van der Waals surface area contributed by atoms with Crippen LogP contribution in [0.2, 0.25) is 0 Å². The lowest BCUT2D eigenvalue weighted by atomic mass is 9.64. The molecule has 0 amide bonds. The predicted molar refractivity (Wildman–Crippen MR) is 106 cm³/mol. The lowest BCUT2D eigenvalue weighted by Gasteiger charge is -2.53. The van der Waals surface area contributed by atoms with E-state index in [4.69, 9.17) is 0 Å². The molecule has 26 heavy (non-hydrogen) atoms. The summed E-state index contributed by atoms with van der Waals surface area (Å²) in [6.07, 6.45) is 4.21. The van der Waals surface area contributed by atoms with Crippen LogP contribution in [-0.2, 0) is 9.59 Å². The molecule has 4 rings (SSSR count). The van der Waals surface area contributed by atoms with Gasteiger partial charge >= 0.3 is 0 Å². The van der Waals surface area contributed by atoms with E-state index >= 15 is 0 Å². The Labute approximate surface area is 158 Å². The van der Waals surface area contributed by atoms with Crippen LogP contribution in [0.3, 0.4) is 0 Å². The molecule has 2 aliphatic rings. The van der Waals surface area contributed by atoms with Gasteiger partial charge in [0.1, 0.15) is 5.78 Å². The number of piperidine rings is 1. The number of benzene rings is 1. The van der Waals surface area contributed by atoms with Gasteiger partial charge in [-0.2, -0.15) is 0 Å². The first-order valence-corrected chi connectivity index (χ1v) is 9.85. The van der Waals surface area contributed by atoms with Gasteiger partial charge in [0.2, 0.25) is 0 Å². The highest BCUT2D eigenvalue weighted by Gasteiger charge is 2.50. The number of hydrogen-bond donors (Lipinski definition) is 0. The first kappa shape index (κ1) is 17.2. The molecule has 2 unspecified atom stereocenters. The number of hydrogen-bond acceptors (Lipinski definition) is 4. The summed E-state index contributed by atoms with van der Waals surface area (Å²) in [5, 5.41) is 3.41. The zero-order chi connectivity index (χ0) is 18.6. The van der Waals surface area contributed by atoms with E-state index in [-0.39, 0.29) is 28.9 Å². The largest absolute Gasteiger partial charge is 0.368 e. The van der Waals surface area contributed by atoms with Crippen LogP contribution in [0.25, 0.3) is 10.1 Å². The normalized spacial score (nSPS) is 24.9. The van der Waals surface area contributed by atoms with Crippen molar-refractivity contribution in [2.24, 2.45) is 5.92 Å². The number of nitrogens with zero attached hydrogens (tertiary/aromatic N) is 1. The van der Waals surface area contributed by atoms with Crippen molar-refractivity contribution in [1.29, 1.82) is 0 Å². The van der Waals surface area contributed by atoms with Crippen molar-refractivity contribution in [3.8, 4) is 0 Å². The SMILES string of the molecule is CC(=O)C1C(c2csc3ccccc23)C2=CCC(=O)C=C2N(C)C1(C)C. The molecule has 1 aromatic heterocycles. The molecular formula is C22H23NO2S. The summed E-state index contributed by atoms with van der Waals surface area (Å²) in [7, 11) is 2.00. The maximum absolute atomic E-state index is 12.8. The number of carbonyl (C=O) groups excluding carboxylic acids is 2. The van der Waals surface area contributed by atoms with Gasteiger partial charge in [0, 0.05) is 41.4 Å². The number of rotatable bonds is 2. The molecular weight excluding hydrogens is 342 g/mol.